The number of nitrogens with zero attached hydrogens (tertiary/aromatic N) is 2. The lowest BCUT2D eigenvalue weighted by Crippen LogP contribution is -2.14. The highest BCUT2D eigenvalue weighted by atomic mass is 16.5. The summed E-state index contributed by atoms with van der Waals surface area (Å²) in [5.41, 5.74) is 1.11. The maximum absolute atomic E-state index is 10.3. The zero-order valence-electron chi connectivity index (χ0n) is 7.85. The van der Waals surface area contributed by atoms with Gasteiger partial charge in [0.1, 0.15) is 0 Å². The van der Waals surface area contributed by atoms with Gasteiger partial charge in [0.05, 0.1) is 0 Å². The van der Waals surface area contributed by atoms with Crippen molar-refractivity contribution in [2.75, 3.05) is 13.2 Å². The summed E-state index contributed by atoms with van der Waals surface area (Å²) in [4.78, 5) is 18.3. The molecule has 0 N–H and O–H groups in total. The van der Waals surface area contributed by atoms with E-state index in [9.17, 15) is 4.79 Å². The molecule has 1 saturated heterocycles. The lowest BCUT2D eigenvalue weighted by Gasteiger charge is -2.21. The second kappa shape index (κ2) is 4.28. The Labute approximate surface area is 82.3 Å². The SMILES string of the molecule is O=Cc1ncc(C2CCOCC2)cn1. The first-order valence-corrected chi connectivity index (χ1v) is 4.75. The van der Waals surface area contributed by atoms with E-state index in [2.05, 4.69) is 9.97 Å². The fourth-order valence-electron chi connectivity index (χ4n) is 1.65. The Bertz CT molecular complexity index is 304. The third kappa shape index (κ3) is 1.96. The van der Waals surface area contributed by atoms with Gasteiger partial charge in [0.15, 0.2) is 12.1 Å². The first-order chi connectivity index (χ1) is 6.90. The molecule has 4 nitrogen and oxygen atoms in total. The molecule has 1 aromatic rings. The number of ether oxygens (including phenoxy) is 1. The minimum Gasteiger partial charge on any atom is -0.381 e. The number of hydrogen-bond acceptors (Lipinski definition) is 4. The molecule has 2 heterocycles. The number of carbonyl (C=O) groups is 1. The predicted molar refractivity (Wildman–Crippen MR) is 50.2 cm³/mol. The van der Waals surface area contributed by atoms with E-state index in [0.717, 1.165) is 31.6 Å². The molecule has 0 unspecified atom stereocenters. The molecule has 0 radical (unpaired) electrons. The molecule has 1 aliphatic heterocycles. The van der Waals surface area contributed by atoms with Crippen LogP contribution in [0.15, 0.2) is 12.4 Å². The fraction of sp³-hybridized carbons (Fsp3) is 0.500. The van der Waals surface area contributed by atoms with Gasteiger partial charge in [-0.1, -0.05) is 0 Å². The van der Waals surface area contributed by atoms with Crippen molar-refractivity contribution in [3.8, 4) is 0 Å². The van der Waals surface area contributed by atoms with Crippen LogP contribution in [0.1, 0.15) is 34.9 Å². The van der Waals surface area contributed by atoms with Gasteiger partial charge in [0.2, 0.25) is 0 Å². The highest BCUT2D eigenvalue weighted by Gasteiger charge is 2.16. The van der Waals surface area contributed by atoms with E-state index in [1.54, 1.807) is 12.4 Å². The molecule has 0 bridgehead atoms. The fourth-order valence-corrected chi connectivity index (χ4v) is 1.65. The Morgan fingerprint density at radius 1 is 1.29 bits per heavy atom. The van der Waals surface area contributed by atoms with Crippen LogP contribution in [0.4, 0.5) is 0 Å². The standard InChI is InChI=1S/C10H12N2O2/c13-7-10-11-5-9(6-12-10)8-1-3-14-4-2-8/h5-8H,1-4H2. The van der Waals surface area contributed by atoms with Gasteiger partial charge in [-0.3, -0.25) is 4.79 Å². The number of carbonyl (C=O) groups excluding carboxylic acids is 1. The summed E-state index contributed by atoms with van der Waals surface area (Å²) in [5, 5.41) is 0. The van der Waals surface area contributed by atoms with Crippen LogP contribution in [0.25, 0.3) is 0 Å². The van der Waals surface area contributed by atoms with Gasteiger partial charge in [-0.2, -0.15) is 0 Å². The van der Waals surface area contributed by atoms with Gasteiger partial charge in [0.25, 0.3) is 0 Å². The number of aldehydes is 1. The Balaban J connectivity index is 2.11. The van der Waals surface area contributed by atoms with E-state index >= 15 is 0 Å². The van der Waals surface area contributed by atoms with Crippen molar-refractivity contribution < 1.29 is 9.53 Å². The Morgan fingerprint density at radius 3 is 2.50 bits per heavy atom. The second-order valence-corrected chi connectivity index (χ2v) is 3.38. The van der Waals surface area contributed by atoms with Gasteiger partial charge in [-0.15, -0.1) is 0 Å². The van der Waals surface area contributed by atoms with Gasteiger partial charge in [-0.25, -0.2) is 9.97 Å². The van der Waals surface area contributed by atoms with Gasteiger partial charge >= 0.3 is 0 Å². The van der Waals surface area contributed by atoms with Crippen LogP contribution in [0.5, 0.6) is 0 Å². The van der Waals surface area contributed by atoms with Crippen molar-refractivity contribution >= 4 is 6.29 Å². The zero-order valence-corrected chi connectivity index (χ0v) is 7.85. The maximum Gasteiger partial charge on any atom is 0.192 e. The predicted octanol–water partition coefficient (Wildman–Crippen LogP) is 1.18. The summed E-state index contributed by atoms with van der Waals surface area (Å²) >= 11 is 0. The minimum absolute atomic E-state index is 0.251. The normalized spacial score (nSPS) is 18.0. The average Bonchev–Trinajstić information content (AvgIpc) is 2.30. The van der Waals surface area contributed by atoms with Crippen LogP contribution in [-0.2, 0) is 4.74 Å². The van der Waals surface area contributed by atoms with Crippen molar-refractivity contribution in [2.24, 2.45) is 0 Å². The molecule has 0 aromatic carbocycles. The van der Waals surface area contributed by atoms with E-state index < -0.39 is 0 Å². The highest BCUT2D eigenvalue weighted by molar-refractivity contribution is 5.68. The van der Waals surface area contributed by atoms with Gasteiger partial charge < -0.3 is 4.74 Å². The molecule has 0 amide bonds. The molecular formula is C10H12N2O2. The molecule has 1 aliphatic rings. The monoisotopic (exact) mass is 192 g/mol. The molecule has 14 heavy (non-hydrogen) atoms. The average molecular weight is 192 g/mol. The topological polar surface area (TPSA) is 52.1 Å². The highest BCUT2D eigenvalue weighted by Crippen LogP contribution is 2.25. The maximum atomic E-state index is 10.3. The summed E-state index contributed by atoms with van der Waals surface area (Å²) in [7, 11) is 0. The summed E-state index contributed by atoms with van der Waals surface area (Å²) < 4.78 is 5.27. The van der Waals surface area contributed by atoms with Crippen molar-refractivity contribution in [2.45, 2.75) is 18.8 Å². The van der Waals surface area contributed by atoms with Crippen molar-refractivity contribution in [3.63, 3.8) is 0 Å². The number of hydrogen-bond donors (Lipinski definition) is 0. The van der Waals surface area contributed by atoms with Crippen LogP contribution < -0.4 is 0 Å². The zero-order chi connectivity index (χ0) is 9.80. The van der Waals surface area contributed by atoms with E-state index in [-0.39, 0.29) is 5.82 Å². The van der Waals surface area contributed by atoms with Crippen LogP contribution in [-0.4, -0.2) is 29.5 Å². The van der Waals surface area contributed by atoms with E-state index in [1.165, 1.54) is 0 Å². The summed E-state index contributed by atoms with van der Waals surface area (Å²) in [5.74, 6) is 0.741. The molecular weight excluding hydrogens is 180 g/mol. The third-order valence-electron chi connectivity index (χ3n) is 2.49. The smallest absolute Gasteiger partial charge is 0.192 e. The van der Waals surface area contributed by atoms with Gasteiger partial charge in [-0.05, 0) is 24.3 Å². The molecule has 0 saturated carbocycles. The van der Waals surface area contributed by atoms with Crippen molar-refractivity contribution in [1.82, 2.24) is 9.97 Å². The van der Waals surface area contributed by atoms with Crippen LogP contribution in [0, 0.1) is 0 Å². The van der Waals surface area contributed by atoms with Crippen LogP contribution >= 0.6 is 0 Å². The second-order valence-electron chi connectivity index (χ2n) is 3.38. The summed E-state index contributed by atoms with van der Waals surface area (Å²) in [6, 6.07) is 0. The molecule has 1 aromatic heterocycles. The number of rotatable bonds is 2. The molecule has 0 aliphatic carbocycles. The Kier molecular flexibility index (Phi) is 2.84. The van der Waals surface area contributed by atoms with Crippen LogP contribution in [0.3, 0.4) is 0 Å². The largest absolute Gasteiger partial charge is 0.381 e. The summed E-state index contributed by atoms with van der Waals surface area (Å²) in [6.07, 6.45) is 6.18. The van der Waals surface area contributed by atoms with E-state index in [4.69, 9.17) is 4.74 Å². The van der Waals surface area contributed by atoms with Crippen molar-refractivity contribution in [1.29, 1.82) is 0 Å². The first kappa shape index (κ1) is 9.27. The van der Waals surface area contributed by atoms with E-state index in [0.29, 0.717) is 12.2 Å². The molecule has 0 atom stereocenters. The molecule has 4 heteroatoms. The van der Waals surface area contributed by atoms with Crippen molar-refractivity contribution in [3.05, 3.63) is 23.8 Å². The third-order valence-corrected chi connectivity index (χ3v) is 2.49. The molecule has 74 valence electrons. The van der Waals surface area contributed by atoms with Crippen LogP contribution in [0.2, 0.25) is 0 Å². The Hall–Kier alpha value is -1.29. The first-order valence-electron chi connectivity index (χ1n) is 4.75. The molecule has 0 spiro atoms. The minimum atomic E-state index is 0.251. The lowest BCUT2D eigenvalue weighted by molar-refractivity contribution is 0.0851. The number of aromatic nitrogens is 2. The quantitative estimate of drug-likeness (QED) is 0.660. The summed E-state index contributed by atoms with van der Waals surface area (Å²) in [6.45, 7) is 1.61. The lowest BCUT2D eigenvalue weighted by atomic mass is 9.94. The van der Waals surface area contributed by atoms with Gasteiger partial charge in [0, 0.05) is 25.6 Å². The molecule has 1 fully saturated rings. The van der Waals surface area contributed by atoms with E-state index in [1.807, 2.05) is 0 Å². The molecule has 2 rings (SSSR count). The Morgan fingerprint density at radius 2 is 1.93 bits per heavy atom.